The molecule has 3 unspecified atom stereocenters. The molecule has 1 saturated carbocycles. The second kappa shape index (κ2) is 9.01. The van der Waals surface area contributed by atoms with Gasteiger partial charge in [-0.15, -0.1) is 0 Å². The van der Waals surface area contributed by atoms with Crippen LogP contribution in [0, 0.1) is 17.8 Å². The van der Waals surface area contributed by atoms with Gasteiger partial charge in [0, 0.05) is 50.2 Å². The molecule has 3 N–H and O–H groups in total. The summed E-state index contributed by atoms with van der Waals surface area (Å²) in [5, 5.41) is 19.9. The predicted molar refractivity (Wildman–Crippen MR) is 130 cm³/mol. The number of aliphatic hydroxyl groups excluding tert-OH is 1. The van der Waals surface area contributed by atoms with Crippen molar-refractivity contribution >= 4 is 11.5 Å². The Balaban J connectivity index is 1.59. The Bertz CT molecular complexity index is 964. The van der Waals surface area contributed by atoms with E-state index in [4.69, 9.17) is 0 Å². The van der Waals surface area contributed by atoms with Crippen LogP contribution in [0.15, 0.2) is 47.1 Å². The number of ketones is 1. The van der Waals surface area contributed by atoms with Crippen molar-refractivity contribution in [2.24, 2.45) is 17.8 Å². The number of hydrogen-bond acceptors (Lipinski definition) is 5. The molecule has 4 aliphatic carbocycles. The standard InChI is InChI=1S/C28H38N2O3/c1-30(2)20-7-4-18(5-8-20)25-17-26-23(12-14-28(26,29-33)13-3-15-31)24-10-6-19-16-21(32)9-11-22(19)27(24)25/h4-5,7-8,16,22-23,25-26,29,31,33H,3,6,9-15,17H2,1-2H3/t22?,23?,25-,26?,28+/m1/s1. The van der Waals surface area contributed by atoms with Crippen LogP contribution < -0.4 is 10.4 Å². The third-order valence-corrected chi connectivity index (χ3v) is 9.13. The summed E-state index contributed by atoms with van der Waals surface area (Å²) in [6, 6.07) is 8.99. The summed E-state index contributed by atoms with van der Waals surface area (Å²) < 4.78 is 0. The van der Waals surface area contributed by atoms with Gasteiger partial charge in [-0.1, -0.05) is 28.9 Å². The quantitative estimate of drug-likeness (QED) is 0.431. The number of hydrogen-bond donors (Lipinski definition) is 3. The first-order valence-corrected chi connectivity index (χ1v) is 12.7. The molecule has 0 amide bonds. The van der Waals surface area contributed by atoms with Crippen LogP contribution in [0.4, 0.5) is 5.69 Å². The Kier molecular flexibility index (Phi) is 6.23. The number of benzene rings is 1. The fourth-order valence-electron chi connectivity index (χ4n) is 7.56. The molecule has 0 bridgehead atoms. The van der Waals surface area contributed by atoms with E-state index in [0.29, 0.717) is 42.3 Å². The molecule has 0 spiro atoms. The highest BCUT2D eigenvalue weighted by Gasteiger charge is 2.54. The monoisotopic (exact) mass is 450 g/mol. The highest BCUT2D eigenvalue weighted by atomic mass is 16.5. The van der Waals surface area contributed by atoms with E-state index in [1.165, 1.54) is 16.8 Å². The van der Waals surface area contributed by atoms with Crippen molar-refractivity contribution in [3.05, 3.63) is 52.6 Å². The van der Waals surface area contributed by atoms with E-state index in [-0.39, 0.29) is 12.1 Å². The maximum absolute atomic E-state index is 12.2. The second-order valence-electron chi connectivity index (χ2n) is 10.9. The first kappa shape index (κ1) is 22.8. The smallest absolute Gasteiger partial charge is 0.155 e. The van der Waals surface area contributed by atoms with E-state index in [1.807, 2.05) is 6.08 Å². The molecule has 1 aromatic rings. The molecule has 0 aliphatic heterocycles. The van der Waals surface area contributed by atoms with Gasteiger partial charge >= 0.3 is 0 Å². The largest absolute Gasteiger partial charge is 0.396 e. The van der Waals surface area contributed by atoms with E-state index in [2.05, 4.69) is 48.7 Å². The minimum Gasteiger partial charge on any atom is -0.396 e. The number of anilines is 1. The van der Waals surface area contributed by atoms with Crippen molar-refractivity contribution in [2.75, 3.05) is 25.6 Å². The fourth-order valence-corrected chi connectivity index (χ4v) is 7.56. The second-order valence-corrected chi connectivity index (χ2v) is 10.9. The summed E-state index contributed by atoms with van der Waals surface area (Å²) in [6.07, 6.45) is 10.2. The van der Waals surface area contributed by atoms with E-state index in [0.717, 1.165) is 44.9 Å². The summed E-state index contributed by atoms with van der Waals surface area (Å²) in [7, 11) is 4.14. The molecule has 0 heterocycles. The van der Waals surface area contributed by atoms with Gasteiger partial charge in [-0.25, -0.2) is 0 Å². The lowest BCUT2D eigenvalue weighted by molar-refractivity contribution is -0.115. The zero-order valence-electron chi connectivity index (χ0n) is 20.0. The Morgan fingerprint density at radius 1 is 1.09 bits per heavy atom. The lowest BCUT2D eigenvalue weighted by Gasteiger charge is -2.48. The predicted octanol–water partition coefficient (Wildman–Crippen LogP) is 4.75. The van der Waals surface area contributed by atoms with E-state index in [1.54, 1.807) is 11.1 Å². The van der Waals surface area contributed by atoms with Gasteiger partial charge in [0.1, 0.15) is 0 Å². The Labute approximate surface area is 197 Å². The number of rotatable bonds is 6. The minimum atomic E-state index is -0.313. The molecule has 5 atom stereocenters. The van der Waals surface area contributed by atoms with Gasteiger partial charge in [-0.2, -0.15) is 5.48 Å². The number of fused-ring (bicyclic) bond motifs is 4. The summed E-state index contributed by atoms with van der Waals surface area (Å²) in [4.78, 5) is 14.3. The van der Waals surface area contributed by atoms with E-state index >= 15 is 0 Å². The Morgan fingerprint density at radius 3 is 2.58 bits per heavy atom. The van der Waals surface area contributed by atoms with Crippen LogP contribution in [0.1, 0.15) is 69.3 Å². The fraction of sp³-hybridized carbons (Fsp3) is 0.607. The van der Waals surface area contributed by atoms with Gasteiger partial charge in [-0.3, -0.25) is 4.79 Å². The van der Waals surface area contributed by atoms with Crippen molar-refractivity contribution in [1.29, 1.82) is 0 Å². The number of hydroxylamine groups is 1. The average molecular weight is 451 g/mol. The van der Waals surface area contributed by atoms with Gasteiger partial charge in [-0.05, 0) is 87.0 Å². The van der Waals surface area contributed by atoms with Crippen molar-refractivity contribution in [3.63, 3.8) is 0 Å². The van der Waals surface area contributed by atoms with Crippen molar-refractivity contribution in [3.8, 4) is 0 Å². The third kappa shape index (κ3) is 3.88. The molecule has 0 aromatic heterocycles. The van der Waals surface area contributed by atoms with Gasteiger partial charge in [0.25, 0.3) is 0 Å². The molecule has 33 heavy (non-hydrogen) atoms. The van der Waals surface area contributed by atoms with Crippen molar-refractivity contribution in [1.82, 2.24) is 5.48 Å². The summed E-state index contributed by atoms with van der Waals surface area (Å²) in [6.45, 7) is 0.161. The molecular formula is C28H38N2O3. The topological polar surface area (TPSA) is 72.8 Å². The van der Waals surface area contributed by atoms with Gasteiger partial charge in [0.05, 0.1) is 0 Å². The maximum atomic E-state index is 12.2. The number of nitrogens with zero attached hydrogens (tertiary/aromatic N) is 1. The lowest BCUT2D eigenvalue weighted by atomic mass is 9.58. The van der Waals surface area contributed by atoms with E-state index in [9.17, 15) is 15.1 Å². The van der Waals surface area contributed by atoms with Crippen LogP contribution in [0.25, 0.3) is 0 Å². The molecule has 1 aromatic carbocycles. The van der Waals surface area contributed by atoms with Crippen LogP contribution in [0.3, 0.4) is 0 Å². The van der Waals surface area contributed by atoms with Gasteiger partial charge in [0.15, 0.2) is 5.78 Å². The summed E-state index contributed by atoms with van der Waals surface area (Å²) in [5.41, 5.74) is 9.57. The average Bonchev–Trinajstić information content (AvgIpc) is 3.20. The summed E-state index contributed by atoms with van der Waals surface area (Å²) in [5.74, 6) is 1.87. The lowest BCUT2D eigenvalue weighted by Crippen LogP contribution is -2.50. The molecule has 178 valence electrons. The number of carbonyl (C=O) groups is 1. The third-order valence-electron chi connectivity index (χ3n) is 9.13. The molecule has 5 heteroatoms. The molecular weight excluding hydrogens is 412 g/mol. The first-order chi connectivity index (χ1) is 16.0. The number of aliphatic hydroxyl groups is 1. The SMILES string of the molecule is CN(C)c1ccc([C@H]2CC3C(CC[C@]3(CCCO)NO)C3=C2C2CCC(=O)C=C2CC3)cc1. The highest BCUT2D eigenvalue weighted by Crippen LogP contribution is 2.60. The molecule has 4 aliphatic rings. The number of carbonyl (C=O) groups excluding carboxylic acids is 1. The molecule has 0 saturated heterocycles. The number of nitrogens with one attached hydrogen (secondary N) is 1. The molecule has 0 radical (unpaired) electrons. The van der Waals surface area contributed by atoms with Crippen LogP contribution in [0.2, 0.25) is 0 Å². The zero-order valence-corrected chi connectivity index (χ0v) is 20.0. The normalized spacial score (nSPS) is 33.3. The highest BCUT2D eigenvalue weighted by molar-refractivity contribution is 5.91. The molecule has 5 rings (SSSR count). The molecule has 5 nitrogen and oxygen atoms in total. The summed E-state index contributed by atoms with van der Waals surface area (Å²) >= 11 is 0. The van der Waals surface area contributed by atoms with Gasteiger partial charge < -0.3 is 15.2 Å². The van der Waals surface area contributed by atoms with Crippen LogP contribution in [0.5, 0.6) is 0 Å². The van der Waals surface area contributed by atoms with Crippen molar-refractivity contribution < 1.29 is 15.1 Å². The van der Waals surface area contributed by atoms with Gasteiger partial charge in [0.2, 0.25) is 0 Å². The Hall–Kier alpha value is -1.95. The minimum absolute atomic E-state index is 0.161. The molecule has 1 fully saturated rings. The van der Waals surface area contributed by atoms with Crippen molar-refractivity contribution in [2.45, 2.75) is 69.2 Å². The van der Waals surface area contributed by atoms with E-state index < -0.39 is 0 Å². The maximum Gasteiger partial charge on any atom is 0.155 e. The van der Waals surface area contributed by atoms with Crippen LogP contribution in [-0.2, 0) is 4.79 Å². The van der Waals surface area contributed by atoms with Crippen LogP contribution >= 0.6 is 0 Å². The Morgan fingerprint density at radius 2 is 1.88 bits per heavy atom. The number of allylic oxidation sites excluding steroid dienone is 4. The van der Waals surface area contributed by atoms with Crippen LogP contribution in [-0.4, -0.2) is 42.3 Å². The zero-order chi connectivity index (χ0) is 23.2. The first-order valence-electron chi connectivity index (χ1n) is 12.7.